The summed E-state index contributed by atoms with van der Waals surface area (Å²) in [5, 5.41) is 4.98. The van der Waals surface area contributed by atoms with Gasteiger partial charge in [-0.25, -0.2) is 13.6 Å². The number of fused-ring (bicyclic) bond motifs is 1. The number of unbranched alkanes of at least 4 members (excludes halogenated alkanes) is 3. The number of rotatable bonds is 7. The highest BCUT2D eigenvalue weighted by Crippen LogP contribution is 2.28. The van der Waals surface area contributed by atoms with Crippen LogP contribution in [0.25, 0.3) is 0 Å². The number of carbonyl (C=O) groups is 1. The van der Waals surface area contributed by atoms with Gasteiger partial charge in [-0.3, -0.25) is 4.79 Å². The number of nitrogens with zero attached hydrogens (tertiary/aromatic N) is 1. The minimum Gasteiger partial charge on any atom is -0.312 e. The van der Waals surface area contributed by atoms with Gasteiger partial charge < -0.3 is 4.90 Å². The molecule has 1 amide bonds. The molecule has 0 radical (unpaired) electrons. The molecule has 0 bridgehead atoms. The molecular formula is C18H28N2O3S. The molecule has 0 aliphatic carbocycles. The zero-order valence-corrected chi connectivity index (χ0v) is 15.3. The molecule has 24 heavy (non-hydrogen) atoms. The molecule has 1 aromatic carbocycles. The molecule has 2 N–H and O–H groups in total. The Bertz CT molecular complexity index is 671. The van der Waals surface area contributed by atoms with Crippen molar-refractivity contribution in [2.24, 2.45) is 5.14 Å². The molecule has 0 unspecified atom stereocenters. The van der Waals surface area contributed by atoms with E-state index in [9.17, 15) is 13.2 Å². The second-order valence-corrected chi connectivity index (χ2v) is 8.40. The third kappa shape index (κ3) is 5.91. The monoisotopic (exact) mass is 352 g/mol. The number of nitrogens with two attached hydrogens (primary N) is 1. The first-order valence-electron chi connectivity index (χ1n) is 8.77. The summed E-state index contributed by atoms with van der Waals surface area (Å²) in [6, 6.07) is 6.37. The maximum atomic E-state index is 12.6. The predicted octanol–water partition coefficient (Wildman–Crippen LogP) is 2.90. The van der Waals surface area contributed by atoms with Crippen molar-refractivity contribution in [3.05, 3.63) is 29.3 Å². The average molecular weight is 353 g/mol. The largest absolute Gasteiger partial charge is 0.312 e. The number of aryl methyl sites for hydroxylation is 2. The molecule has 0 atom stereocenters. The zero-order chi connectivity index (χ0) is 17.6. The fourth-order valence-corrected chi connectivity index (χ4v) is 3.78. The van der Waals surface area contributed by atoms with Crippen LogP contribution in [0.3, 0.4) is 0 Å². The van der Waals surface area contributed by atoms with E-state index in [2.05, 4.69) is 25.1 Å². The van der Waals surface area contributed by atoms with Crippen LogP contribution in [0.2, 0.25) is 0 Å². The molecule has 6 heteroatoms. The number of sulfonamides is 1. The van der Waals surface area contributed by atoms with Gasteiger partial charge in [0.15, 0.2) is 0 Å². The number of benzene rings is 1. The summed E-state index contributed by atoms with van der Waals surface area (Å²) < 4.78 is 21.7. The average Bonchev–Trinajstić information content (AvgIpc) is 2.71. The van der Waals surface area contributed by atoms with Gasteiger partial charge >= 0.3 is 0 Å². The molecule has 1 heterocycles. The standard InChI is InChI=1S/C18H28N2O3S/c1-15-10-11-16-8-5-6-12-20(17(16)14-15)18(21)9-4-2-3-7-13-24(19,22)23/h10-11,14H,2-9,12-13H2,1H3,(H2,19,22,23). The van der Waals surface area contributed by atoms with E-state index in [4.69, 9.17) is 5.14 Å². The summed E-state index contributed by atoms with van der Waals surface area (Å²) in [4.78, 5) is 14.6. The smallest absolute Gasteiger partial charge is 0.226 e. The quantitative estimate of drug-likeness (QED) is 0.766. The van der Waals surface area contributed by atoms with Crippen LogP contribution in [-0.4, -0.2) is 26.6 Å². The van der Waals surface area contributed by atoms with Crippen molar-refractivity contribution in [2.75, 3.05) is 17.2 Å². The number of amides is 1. The molecule has 1 aromatic rings. The van der Waals surface area contributed by atoms with Crippen molar-refractivity contribution in [1.82, 2.24) is 0 Å². The van der Waals surface area contributed by atoms with Crippen molar-refractivity contribution < 1.29 is 13.2 Å². The molecule has 1 aliphatic rings. The zero-order valence-electron chi connectivity index (χ0n) is 14.5. The van der Waals surface area contributed by atoms with Crippen molar-refractivity contribution in [3.8, 4) is 0 Å². The van der Waals surface area contributed by atoms with E-state index in [1.807, 2.05) is 4.90 Å². The Labute approximate surface area is 145 Å². The summed E-state index contributed by atoms with van der Waals surface area (Å²) in [7, 11) is -3.36. The number of anilines is 1. The fourth-order valence-electron chi connectivity index (χ4n) is 3.17. The van der Waals surface area contributed by atoms with E-state index >= 15 is 0 Å². The minimum absolute atomic E-state index is 0.0275. The van der Waals surface area contributed by atoms with Crippen molar-refractivity contribution >= 4 is 21.6 Å². The Morgan fingerprint density at radius 1 is 1.17 bits per heavy atom. The molecule has 134 valence electrons. The summed E-state index contributed by atoms with van der Waals surface area (Å²) in [5.41, 5.74) is 3.52. The van der Waals surface area contributed by atoms with Crippen LogP contribution < -0.4 is 10.0 Å². The Hall–Kier alpha value is -1.40. The van der Waals surface area contributed by atoms with E-state index < -0.39 is 10.0 Å². The topological polar surface area (TPSA) is 80.5 Å². The Morgan fingerprint density at radius 3 is 2.67 bits per heavy atom. The van der Waals surface area contributed by atoms with E-state index in [1.165, 1.54) is 11.1 Å². The molecule has 0 spiro atoms. The van der Waals surface area contributed by atoms with Gasteiger partial charge in [0.25, 0.3) is 0 Å². The first-order chi connectivity index (χ1) is 11.4. The van der Waals surface area contributed by atoms with Gasteiger partial charge in [-0.05, 0) is 56.2 Å². The van der Waals surface area contributed by atoms with Crippen molar-refractivity contribution in [2.45, 2.75) is 58.3 Å². The Morgan fingerprint density at radius 2 is 1.92 bits per heavy atom. The van der Waals surface area contributed by atoms with Crippen LogP contribution in [-0.2, 0) is 21.2 Å². The summed E-state index contributed by atoms with van der Waals surface area (Å²) in [5.74, 6) is 0.204. The lowest BCUT2D eigenvalue weighted by atomic mass is 10.0. The van der Waals surface area contributed by atoms with Crippen LogP contribution in [0.1, 0.15) is 56.1 Å². The van der Waals surface area contributed by atoms with Gasteiger partial charge in [0, 0.05) is 18.7 Å². The fraction of sp³-hybridized carbons (Fsp3) is 0.611. The summed E-state index contributed by atoms with van der Waals surface area (Å²) in [6.45, 7) is 2.85. The van der Waals surface area contributed by atoms with Gasteiger partial charge in [-0.2, -0.15) is 0 Å². The maximum absolute atomic E-state index is 12.6. The van der Waals surface area contributed by atoms with Gasteiger partial charge in [0.1, 0.15) is 0 Å². The highest BCUT2D eigenvalue weighted by molar-refractivity contribution is 7.89. The number of carbonyl (C=O) groups excluding carboxylic acids is 1. The van der Waals surface area contributed by atoms with Crippen LogP contribution in [0.4, 0.5) is 5.69 Å². The third-order valence-electron chi connectivity index (χ3n) is 4.48. The lowest BCUT2D eigenvalue weighted by Gasteiger charge is -2.23. The predicted molar refractivity (Wildman–Crippen MR) is 97.5 cm³/mol. The van der Waals surface area contributed by atoms with E-state index in [1.54, 1.807) is 0 Å². The van der Waals surface area contributed by atoms with E-state index in [-0.39, 0.29) is 11.7 Å². The number of hydrogen-bond donors (Lipinski definition) is 1. The van der Waals surface area contributed by atoms with Crippen LogP contribution >= 0.6 is 0 Å². The molecule has 2 rings (SSSR count). The molecule has 0 aromatic heterocycles. The number of hydrogen-bond acceptors (Lipinski definition) is 3. The lowest BCUT2D eigenvalue weighted by molar-refractivity contribution is -0.118. The Kier molecular flexibility index (Phi) is 6.80. The lowest BCUT2D eigenvalue weighted by Crippen LogP contribution is -2.31. The highest BCUT2D eigenvalue weighted by Gasteiger charge is 2.20. The molecule has 1 aliphatic heterocycles. The van der Waals surface area contributed by atoms with E-state index in [0.29, 0.717) is 12.8 Å². The van der Waals surface area contributed by atoms with Crippen LogP contribution in [0.5, 0.6) is 0 Å². The van der Waals surface area contributed by atoms with Gasteiger partial charge in [-0.1, -0.05) is 25.0 Å². The summed E-state index contributed by atoms with van der Waals surface area (Å²) >= 11 is 0. The SMILES string of the molecule is Cc1ccc2c(c1)N(C(=O)CCCCCCS(N)(=O)=O)CCCC2. The van der Waals surface area contributed by atoms with Gasteiger partial charge in [-0.15, -0.1) is 0 Å². The number of primary sulfonamides is 1. The first kappa shape index (κ1) is 18.9. The highest BCUT2D eigenvalue weighted by atomic mass is 32.2. The second kappa shape index (κ2) is 8.62. The molecule has 0 fully saturated rings. The second-order valence-electron chi connectivity index (χ2n) is 6.67. The van der Waals surface area contributed by atoms with Crippen molar-refractivity contribution in [3.63, 3.8) is 0 Å². The minimum atomic E-state index is -3.36. The Balaban J connectivity index is 1.85. The molecule has 5 nitrogen and oxygen atoms in total. The maximum Gasteiger partial charge on any atom is 0.226 e. The van der Waals surface area contributed by atoms with Gasteiger partial charge in [0.2, 0.25) is 15.9 Å². The van der Waals surface area contributed by atoms with Crippen LogP contribution in [0, 0.1) is 6.92 Å². The first-order valence-corrected chi connectivity index (χ1v) is 10.5. The third-order valence-corrected chi connectivity index (χ3v) is 5.34. The normalized spacial score (nSPS) is 15.0. The van der Waals surface area contributed by atoms with Gasteiger partial charge in [0.05, 0.1) is 5.75 Å². The molecular weight excluding hydrogens is 324 g/mol. The summed E-state index contributed by atoms with van der Waals surface area (Å²) in [6.07, 6.45) is 6.71. The molecule has 0 saturated heterocycles. The van der Waals surface area contributed by atoms with Crippen LogP contribution in [0.15, 0.2) is 18.2 Å². The van der Waals surface area contributed by atoms with E-state index in [0.717, 1.165) is 50.8 Å². The molecule has 0 saturated carbocycles. The van der Waals surface area contributed by atoms with Crippen molar-refractivity contribution in [1.29, 1.82) is 0 Å².